The highest BCUT2D eigenvalue weighted by atomic mass is 15.1. The third kappa shape index (κ3) is 4.35. The normalized spacial score (nSPS) is 11.1. The van der Waals surface area contributed by atoms with E-state index in [0.29, 0.717) is 0 Å². The van der Waals surface area contributed by atoms with Gasteiger partial charge >= 0.3 is 0 Å². The summed E-state index contributed by atoms with van der Waals surface area (Å²) in [6.45, 7) is 0. The number of rotatable bonds is 5. The van der Waals surface area contributed by atoms with Crippen molar-refractivity contribution in [3.05, 3.63) is 164 Å². The maximum absolute atomic E-state index is 2.33. The Hall–Kier alpha value is -5.14. The van der Waals surface area contributed by atoms with Gasteiger partial charge in [0.15, 0.2) is 0 Å². The molecule has 39 heavy (non-hydrogen) atoms. The SMILES string of the molecule is c1ccc(N(c2ccc(-c3cccc4ccccc34)cc2)c2cccc(-c3cccc4ccccc34)c2)cc1. The highest BCUT2D eigenvalue weighted by molar-refractivity contribution is 5.98. The topological polar surface area (TPSA) is 3.24 Å². The molecule has 0 fully saturated rings. The van der Waals surface area contributed by atoms with Crippen molar-refractivity contribution in [3.8, 4) is 22.3 Å². The monoisotopic (exact) mass is 497 g/mol. The molecule has 0 aromatic heterocycles. The average Bonchev–Trinajstić information content (AvgIpc) is 3.02. The van der Waals surface area contributed by atoms with Crippen LogP contribution < -0.4 is 4.90 Å². The quantitative estimate of drug-likeness (QED) is 0.229. The molecule has 0 spiro atoms. The second kappa shape index (κ2) is 9.96. The van der Waals surface area contributed by atoms with Gasteiger partial charge in [0.2, 0.25) is 0 Å². The zero-order valence-corrected chi connectivity index (χ0v) is 21.5. The van der Waals surface area contributed by atoms with Gasteiger partial charge in [-0.05, 0) is 80.2 Å². The van der Waals surface area contributed by atoms with Gasteiger partial charge in [-0.3, -0.25) is 0 Å². The summed E-state index contributed by atoms with van der Waals surface area (Å²) in [6, 6.07) is 58.6. The van der Waals surface area contributed by atoms with E-state index < -0.39 is 0 Å². The molecule has 0 heterocycles. The summed E-state index contributed by atoms with van der Waals surface area (Å²) >= 11 is 0. The van der Waals surface area contributed by atoms with E-state index in [-0.39, 0.29) is 0 Å². The molecule has 0 saturated carbocycles. The van der Waals surface area contributed by atoms with Gasteiger partial charge in [-0.1, -0.05) is 127 Å². The fraction of sp³-hybridized carbons (Fsp3) is 0. The fourth-order valence-corrected chi connectivity index (χ4v) is 5.58. The Morgan fingerprint density at radius 3 is 1.46 bits per heavy atom. The Kier molecular flexibility index (Phi) is 5.88. The smallest absolute Gasteiger partial charge is 0.0467 e. The lowest BCUT2D eigenvalue weighted by atomic mass is 9.97. The van der Waals surface area contributed by atoms with Crippen molar-refractivity contribution in [1.29, 1.82) is 0 Å². The summed E-state index contributed by atoms with van der Waals surface area (Å²) in [7, 11) is 0. The number of hydrogen-bond acceptors (Lipinski definition) is 1. The Morgan fingerprint density at radius 1 is 0.308 bits per heavy atom. The van der Waals surface area contributed by atoms with Crippen molar-refractivity contribution < 1.29 is 0 Å². The van der Waals surface area contributed by atoms with E-state index in [1.165, 1.54) is 43.8 Å². The highest BCUT2D eigenvalue weighted by Crippen LogP contribution is 2.39. The molecule has 1 heteroatoms. The molecule has 0 bridgehead atoms. The van der Waals surface area contributed by atoms with Crippen LogP contribution in [0.2, 0.25) is 0 Å². The lowest BCUT2D eigenvalue weighted by Crippen LogP contribution is -2.09. The van der Waals surface area contributed by atoms with Crippen molar-refractivity contribution in [1.82, 2.24) is 0 Å². The second-order valence-electron chi connectivity index (χ2n) is 9.82. The molecule has 7 rings (SSSR count). The summed E-state index contributed by atoms with van der Waals surface area (Å²) < 4.78 is 0. The van der Waals surface area contributed by atoms with Crippen LogP contribution in [0.1, 0.15) is 0 Å². The number of anilines is 3. The predicted molar refractivity (Wildman–Crippen MR) is 167 cm³/mol. The summed E-state index contributed by atoms with van der Waals surface area (Å²) in [5.74, 6) is 0. The van der Waals surface area contributed by atoms with E-state index in [2.05, 4.69) is 169 Å². The first-order valence-electron chi connectivity index (χ1n) is 13.4. The van der Waals surface area contributed by atoms with Crippen LogP contribution in [0.3, 0.4) is 0 Å². The molecule has 0 radical (unpaired) electrons. The highest BCUT2D eigenvalue weighted by Gasteiger charge is 2.14. The Labute approximate surface area is 229 Å². The van der Waals surface area contributed by atoms with E-state index in [9.17, 15) is 0 Å². The largest absolute Gasteiger partial charge is 0.310 e. The minimum atomic E-state index is 1.13. The summed E-state index contributed by atoms with van der Waals surface area (Å²) in [5, 5.41) is 5.05. The van der Waals surface area contributed by atoms with Crippen molar-refractivity contribution in [3.63, 3.8) is 0 Å². The lowest BCUT2D eigenvalue weighted by molar-refractivity contribution is 1.28. The van der Waals surface area contributed by atoms with Crippen LogP contribution in [0, 0.1) is 0 Å². The Bertz CT molecular complexity index is 1890. The molecule has 0 unspecified atom stereocenters. The van der Waals surface area contributed by atoms with Crippen molar-refractivity contribution in [2.45, 2.75) is 0 Å². The van der Waals surface area contributed by atoms with Gasteiger partial charge in [-0.25, -0.2) is 0 Å². The first kappa shape index (κ1) is 23.0. The van der Waals surface area contributed by atoms with E-state index in [0.717, 1.165) is 17.1 Å². The zero-order valence-electron chi connectivity index (χ0n) is 21.5. The average molecular weight is 498 g/mol. The molecule has 0 atom stereocenters. The standard InChI is InChI=1S/C38H27N/c1-2-16-32(17-3-1)39(33-25-23-30(24-26-33)37-21-9-13-28-11-4-6-19-35(28)37)34-18-8-15-31(27-34)38-22-10-14-29-12-5-7-20-36(29)38/h1-27H. The van der Waals surface area contributed by atoms with E-state index in [4.69, 9.17) is 0 Å². The van der Waals surface area contributed by atoms with Crippen LogP contribution in [0.15, 0.2) is 164 Å². The molecule has 0 aliphatic rings. The third-order valence-electron chi connectivity index (χ3n) is 7.45. The third-order valence-corrected chi connectivity index (χ3v) is 7.45. The van der Waals surface area contributed by atoms with Gasteiger partial charge in [-0.2, -0.15) is 0 Å². The zero-order chi connectivity index (χ0) is 26.0. The van der Waals surface area contributed by atoms with Gasteiger partial charge in [0.25, 0.3) is 0 Å². The van der Waals surface area contributed by atoms with Crippen molar-refractivity contribution in [2.75, 3.05) is 4.90 Å². The minimum Gasteiger partial charge on any atom is -0.310 e. The van der Waals surface area contributed by atoms with Crippen LogP contribution >= 0.6 is 0 Å². The molecule has 0 N–H and O–H groups in total. The molecule has 0 saturated heterocycles. The van der Waals surface area contributed by atoms with Crippen LogP contribution in [0.4, 0.5) is 17.1 Å². The van der Waals surface area contributed by atoms with Crippen molar-refractivity contribution in [2.24, 2.45) is 0 Å². The first-order chi connectivity index (χ1) is 19.3. The molecule has 0 amide bonds. The van der Waals surface area contributed by atoms with E-state index in [1.807, 2.05) is 0 Å². The van der Waals surface area contributed by atoms with Crippen molar-refractivity contribution >= 4 is 38.6 Å². The summed E-state index contributed by atoms with van der Waals surface area (Å²) in [6.07, 6.45) is 0. The van der Waals surface area contributed by atoms with Crippen LogP contribution in [-0.4, -0.2) is 0 Å². The molecular weight excluding hydrogens is 470 g/mol. The molecule has 7 aromatic carbocycles. The van der Waals surface area contributed by atoms with Gasteiger partial charge in [-0.15, -0.1) is 0 Å². The Morgan fingerprint density at radius 2 is 0.795 bits per heavy atom. The van der Waals surface area contributed by atoms with Crippen LogP contribution in [0.25, 0.3) is 43.8 Å². The molecule has 0 aliphatic heterocycles. The Balaban J connectivity index is 1.33. The van der Waals surface area contributed by atoms with Gasteiger partial charge < -0.3 is 4.90 Å². The number of para-hydroxylation sites is 1. The summed E-state index contributed by atoms with van der Waals surface area (Å²) in [4.78, 5) is 2.33. The lowest BCUT2D eigenvalue weighted by Gasteiger charge is -2.26. The molecular formula is C38H27N. The van der Waals surface area contributed by atoms with E-state index in [1.54, 1.807) is 0 Å². The number of nitrogens with zero attached hydrogens (tertiary/aromatic N) is 1. The second-order valence-corrected chi connectivity index (χ2v) is 9.82. The minimum absolute atomic E-state index is 1.13. The van der Waals surface area contributed by atoms with Gasteiger partial charge in [0.05, 0.1) is 0 Å². The number of benzene rings is 7. The van der Waals surface area contributed by atoms with Gasteiger partial charge in [0, 0.05) is 17.1 Å². The summed E-state index contributed by atoms with van der Waals surface area (Å²) in [5.41, 5.74) is 8.30. The molecule has 1 nitrogen and oxygen atoms in total. The maximum atomic E-state index is 2.33. The van der Waals surface area contributed by atoms with E-state index >= 15 is 0 Å². The molecule has 7 aromatic rings. The number of hydrogen-bond donors (Lipinski definition) is 0. The molecule has 184 valence electrons. The first-order valence-corrected chi connectivity index (χ1v) is 13.4. The maximum Gasteiger partial charge on any atom is 0.0467 e. The fourth-order valence-electron chi connectivity index (χ4n) is 5.58. The van der Waals surface area contributed by atoms with Gasteiger partial charge in [0.1, 0.15) is 0 Å². The number of fused-ring (bicyclic) bond motifs is 2. The van der Waals surface area contributed by atoms with Crippen LogP contribution in [0.5, 0.6) is 0 Å². The predicted octanol–water partition coefficient (Wildman–Crippen LogP) is 10.8. The molecule has 0 aliphatic carbocycles. The van der Waals surface area contributed by atoms with Crippen LogP contribution in [-0.2, 0) is 0 Å².